The summed E-state index contributed by atoms with van der Waals surface area (Å²) in [4.78, 5) is 36.3. The number of aliphatic hydroxyl groups is 1. The molecule has 3 aromatic carbocycles. The molecule has 9 nitrogen and oxygen atoms in total. The lowest BCUT2D eigenvalue weighted by molar-refractivity contribution is -0.132. The molecule has 0 bridgehead atoms. The average Bonchev–Trinajstić information content (AvgIpc) is 3.50. The van der Waals surface area contributed by atoms with E-state index in [4.69, 9.17) is 14.2 Å². The summed E-state index contributed by atoms with van der Waals surface area (Å²) in [6.07, 6.45) is 0. The number of ether oxygens (including phenoxy) is 3. The number of rotatable bonds is 9. The Morgan fingerprint density at radius 2 is 1.78 bits per heavy atom. The van der Waals surface area contributed by atoms with E-state index >= 15 is 0 Å². The number of benzene rings is 3. The summed E-state index contributed by atoms with van der Waals surface area (Å²) in [5.74, 6) is 0.263. The van der Waals surface area contributed by atoms with E-state index in [9.17, 15) is 14.7 Å². The molecule has 0 spiro atoms. The number of Topliss-reactive ketones (excluding diaryl/α,β-unsaturated/α-hetero) is 1. The van der Waals surface area contributed by atoms with Crippen molar-refractivity contribution in [3.05, 3.63) is 82.9 Å². The molecule has 2 heterocycles. The summed E-state index contributed by atoms with van der Waals surface area (Å²) in [5.41, 5.74) is 3.02. The number of aliphatic hydroxyl groups excluding tert-OH is 1. The highest BCUT2D eigenvalue weighted by Gasteiger charge is 2.48. The van der Waals surface area contributed by atoms with Crippen molar-refractivity contribution < 1.29 is 28.9 Å². The van der Waals surface area contributed by atoms with E-state index < -0.39 is 17.7 Å². The van der Waals surface area contributed by atoms with Gasteiger partial charge in [-0.1, -0.05) is 32.0 Å². The zero-order chi connectivity index (χ0) is 29.3. The van der Waals surface area contributed by atoms with Crippen molar-refractivity contribution in [3.8, 4) is 17.2 Å². The lowest BCUT2D eigenvalue weighted by atomic mass is 9.94. The molecule has 212 valence electrons. The number of fused-ring (bicyclic) bond motifs is 1. The summed E-state index contributed by atoms with van der Waals surface area (Å²) in [6.45, 7) is 8.78. The Labute approximate surface area is 238 Å². The smallest absolute Gasteiger partial charge is 0.302 e. The first kappa shape index (κ1) is 27.8. The first-order chi connectivity index (χ1) is 19.7. The van der Waals surface area contributed by atoms with Gasteiger partial charge in [-0.25, -0.2) is 4.98 Å². The zero-order valence-corrected chi connectivity index (χ0v) is 23.7. The molecule has 41 heavy (non-hydrogen) atoms. The second-order valence-corrected chi connectivity index (χ2v) is 10.3. The molecular formula is C32H33N3O6. The quantitative estimate of drug-likeness (QED) is 0.149. The largest absolute Gasteiger partial charge is 0.507 e. The van der Waals surface area contributed by atoms with E-state index in [1.807, 2.05) is 38.1 Å². The van der Waals surface area contributed by atoms with Gasteiger partial charge in [-0.3, -0.25) is 14.5 Å². The van der Waals surface area contributed by atoms with Crippen LogP contribution < -0.4 is 19.1 Å². The number of H-pyrrole nitrogens is 1. The van der Waals surface area contributed by atoms with Gasteiger partial charge in [-0.15, -0.1) is 0 Å². The molecule has 1 unspecified atom stereocenters. The number of aromatic amines is 1. The van der Waals surface area contributed by atoms with Crippen LogP contribution in [0.2, 0.25) is 0 Å². The molecule has 1 aromatic heterocycles. The van der Waals surface area contributed by atoms with Gasteiger partial charge in [0.05, 0.1) is 43.0 Å². The molecule has 0 saturated carbocycles. The van der Waals surface area contributed by atoms with Crippen LogP contribution in [0.15, 0.2) is 66.2 Å². The molecule has 1 fully saturated rings. The number of nitrogens with zero attached hydrogens (tertiary/aromatic N) is 2. The van der Waals surface area contributed by atoms with E-state index in [1.54, 1.807) is 36.4 Å². The number of methoxy groups -OCH3 is 1. The number of para-hydroxylation sites is 2. The van der Waals surface area contributed by atoms with Crippen LogP contribution in [0.5, 0.6) is 17.2 Å². The molecule has 9 heteroatoms. The maximum absolute atomic E-state index is 13.6. The number of ketones is 1. The van der Waals surface area contributed by atoms with Crippen molar-refractivity contribution in [1.82, 2.24) is 9.97 Å². The lowest BCUT2D eigenvalue weighted by Gasteiger charge is -2.24. The highest BCUT2D eigenvalue weighted by atomic mass is 16.5. The van der Waals surface area contributed by atoms with E-state index in [2.05, 4.69) is 23.8 Å². The Balaban J connectivity index is 1.68. The summed E-state index contributed by atoms with van der Waals surface area (Å²) >= 11 is 0. The standard InChI is InChI=1S/C32H33N3O6/c1-6-40-26-16-20(11-14-25(26)39-5)28-27(29(36)21-12-13-24(19(4)15-21)41-17-18(2)3)30(37)31(38)35(28)32-33-22-9-7-8-10-23(22)34-32/h7-16,18,28,36H,6,17H2,1-5H3,(H,33,34)/b29-27+. The van der Waals surface area contributed by atoms with Gasteiger partial charge in [0, 0.05) is 5.56 Å². The Morgan fingerprint density at radius 1 is 1.02 bits per heavy atom. The van der Waals surface area contributed by atoms with Gasteiger partial charge in [-0.05, 0) is 73.4 Å². The van der Waals surface area contributed by atoms with Gasteiger partial charge in [-0.2, -0.15) is 0 Å². The third-order valence-corrected chi connectivity index (χ3v) is 6.87. The van der Waals surface area contributed by atoms with Gasteiger partial charge in [0.25, 0.3) is 5.78 Å². The van der Waals surface area contributed by atoms with Crippen LogP contribution in [0.4, 0.5) is 5.95 Å². The SMILES string of the molecule is CCOc1cc(C2/C(=C(\O)c3ccc(OCC(C)C)c(C)c3)C(=O)C(=O)N2c2nc3ccccc3[nH]2)ccc1OC. The van der Waals surface area contributed by atoms with Crippen LogP contribution >= 0.6 is 0 Å². The highest BCUT2D eigenvalue weighted by Crippen LogP contribution is 2.44. The van der Waals surface area contributed by atoms with Crippen LogP contribution in [-0.2, 0) is 9.59 Å². The van der Waals surface area contributed by atoms with E-state index in [0.717, 1.165) is 5.56 Å². The predicted octanol–water partition coefficient (Wildman–Crippen LogP) is 5.94. The zero-order valence-electron chi connectivity index (χ0n) is 23.7. The average molecular weight is 556 g/mol. The monoisotopic (exact) mass is 555 g/mol. The number of nitrogens with one attached hydrogen (secondary N) is 1. The minimum atomic E-state index is -0.988. The molecule has 0 aliphatic carbocycles. The molecule has 2 N–H and O–H groups in total. The topological polar surface area (TPSA) is 114 Å². The second-order valence-electron chi connectivity index (χ2n) is 10.3. The van der Waals surface area contributed by atoms with Crippen molar-refractivity contribution in [2.24, 2.45) is 5.92 Å². The van der Waals surface area contributed by atoms with E-state index in [0.29, 0.717) is 58.5 Å². The fraction of sp³-hybridized carbons (Fsp3) is 0.281. The minimum absolute atomic E-state index is 0.0571. The number of hydrogen-bond acceptors (Lipinski definition) is 7. The van der Waals surface area contributed by atoms with Crippen LogP contribution in [0, 0.1) is 12.8 Å². The lowest BCUT2D eigenvalue weighted by Crippen LogP contribution is -2.30. The van der Waals surface area contributed by atoms with Gasteiger partial charge >= 0.3 is 5.91 Å². The summed E-state index contributed by atoms with van der Waals surface area (Å²) in [6, 6.07) is 16.7. The van der Waals surface area contributed by atoms with Crippen LogP contribution in [0.25, 0.3) is 16.8 Å². The number of imidazole rings is 1. The van der Waals surface area contributed by atoms with Gasteiger partial charge in [0.15, 0.2) is 11.5 Å². The Bertz CT molecular complexity index is 1620. The summed E-state index contributed by atoms with van der Waals surface area (Å²) in [7, 11) is 1.54. The number of carbonyl (C=O) groups excluding carboxylic acids is 2. The molecule has 1 amide bonds. The number of anilines is 1. The van der Waals surface area contributed by atoms with Crippen molar-refractivity contribution in [2.75, 3.05) is 25.2 Å². The molecule has 1 aliphatic rings. The number of aryl methyl sites for hydroxylation is 1. The summed E-state index contributed by atoms with van der Waals surface area (Å²) < 4.78 is 17.1. The first-order valence-electron chi connectivity index (χ1n) is 13.5. The van der Waals surface area contributed by atoms with Crippen LogP contribution in [-0.4, -0.2) is 47.1 Å². The molecule has 1 aliphatic heterocycles. The Morgan fingerprint density at radius 3 is 2.46 bits per heavy atom. The Hall–Kier alpha value is -4.79. The summed E-state index contributed by atoms with van der Waals surface area (Å²) in [5, 5.41) is 11.6. The first-order valence-corrected chi connectivity index (χ1v) is 13.5. The number of hydrogen-bond donors (Lipinski definition) is 2. The highest BCUT2D eigenvalue weighted by molar-refractivity contribution is 6.51. The van der Waals surface area contributed by atoms with Crippen molar-refractivity contribution in [3.63, 3.8) is 0 Å². The second kappa shape index (κ2) is 11.4. The van der Waals surface area contributed by atoms with Gasteiger partial charge in [0.1, 0.15) is 11.5 Å². The molecule has 1 saturated heterocycles. The van der Waals surface area contributed by atoms with Crippen LogP contribution in [0.1, 0.15) is 43.5 Å². The fourth-order valence-electron chi connectivity index (χ4n) is 4.92. The third kappa shape index (κ3) is 5.23. The molecule has 0 radical (unpaired) electrons. The maximum atomic E-state index is 13.6. The third-order valence-electron chi connectivity index (χ3n) is 6.87. The van der Waals surface area contributed by atoms with Gasteiger partial charge < -0.3 is 24.3 Å². The molecule has 4 aromatic rings. The molecule has 5 rings (SSSR count). The number of carbonyl (C=O) groups is 2. The fourth-order valence-corrected chi connectivity index (χ4v) is 4.92. The van der Waals surface area contributed by atoms with Crippen molar-refractivity contribution >= 4 is 34.4 Å². The number of amides is 1. The van der Waals surface area contributed by atoms with E-state index in [-0.39, 0.29) is 17.3 Å². The van der Waals surface area contributed by atoms with Crippen molar-refractivity contribution in [1.29, 1.82) is 0 Å². The Kier molecular flexibility index (Phi) is 7.70. The maximum Gasteiger partial charge on any atom is 0.302 e. The van der Waals surface area contributed by atoms with Crippen molar-refractivity contribution in [2.45, 2.75) is 33.7 Å². The normalized spacial score (nSPS) is 16.5. The molecule has 1 atom stereocenters. The molecular weight excluding hydrogens is 522 g/mol. The number of aromatic nitrogens is 2. The predicted molar refractivity (Wildman–Crippen MR) is 157 cm³/mol. The van der Waals surface area contributed by atoms with Gasteiger partial charge in [0.2, 0.25) is 5.95 Å². The minimum Gasteiger partial charge on any atom is -0.507 e. The van der Waals surface area contributed by atoms with E-state index in [1.165, 1.54) is 12.0 Å². The van der Waals surface area contributed by atoms with Crippen LogP contribution in [0.3, 0.4) is 0 Å².